The van der Waals surface area contributed by atoms with Crippen LogP contribution >= 0.6 is 11.3 Å². The Morgan fingerprint density at radius 3 is 3.08 bits per heavy atom. The molecular formula is C11H12OS. The molecule has 0 aliphatic carbocycles. The first-order valence-electron chi connectivity index (χ1n) is 4.44. The van der Waals surface area contributed by atoms with Crippen LogP contribution in [0, 0.1) is 0 Å². The van der Waals surface area contributed by atoms with Crippen molar-refractivity contribution in [3.05, 3.63) is 35.2 Å². The number of hydrogen-bond acceptors (Lipinski definition) is 2. The van der Waals surface area contributed by atoms with Crippen molar-refractivity contribution in [2.24, 2.45) is 0 Å². The molecule has 1 aromatic carbocycles. The Balaban J connectivity index is 2.26. The average molecular weight is 192 g/mol. The number of benzene rings is 1. The van der Waals surface area contributed by atoms with Crippen LogP contribution in [0.4, 0.5) is 0 Å². The van der Waals surface area contributed by atoms with Crippen LogP contribution in [0.15, 0.2) is 29.6 Å². The fraction of sp³-hybridized carbons (Fsp3) is 0.273. The van der Waals surface area contributed by atoms with Crippen LogP contribution < -0.4 is 0 Å². The highest BCUT2D eigenvalue weighted by atomic mass is 32.1. The number of hydrogen-bond donors (Lipinski definition) is 0. The van der Waals surface area contributed by atoms with Crippen LogP contribution in [-0.4, -0.2) is 6.61 Å². The van der Waals surface area contributed by atoms with Gasteiger partial charge in [-0.1, -0.05) is 6.07 Å². The van der Waals surface area contributed by atoms with Gasteiger partial charge in [0.05, 0.1) is 6.61 Å². The third kappa shape index (κ3) is 1.90. The molecule has 0 spiro atoms. The van der Waals surface area contributed by atoms with Gasteiger partial charge in [0.1, 0.15) is 0 Å². The first-order chi connectivity index (χ1) is 6.40. The molecule has 0 atom stereocenters. The second-order valence-corrected chi connectivity index (χ2v) is 3.88. The molecule has 0 bridgehead atoms. The van der Waals surface area contributed by atoms with Crippen LogP contribution in [0.3, 0.4) is 0 Å². The van der Waals surface area contributed by atoms with Crippen molar-refractivity contribution in [1.29, 1.82) is 0 Å². The number of thiophene rings is 1. The number of rotatable bonds is 3. The van der Waals surface area contributed by atoms with Crippen LogP contribution in [0.25, 0.3) is 10.1 Å². The van der Waals surface area contributed by atoms with E-state index in [1.165, 1.54) is 15.6 Å². The van der Waals surface area contributed by atoms with E-state index < -0.39 is 0 Å². The Labute approximate surface area is 82.0 Å². The molecule has 1 aromatic heterocycles. The summed E-state index contributed by atoms with van der Waals surface area (Å²) in [6, 6.07) is 8.64. The summed E-state index contributed by atoms with van der Waals surface area (Å²) in [6.45, 7) is 3.52. The van der Waals surface area contributed by atoms with E-state index in [1.807, 2.05) is 6.92 Å². The Hall–Kier alpha value is -0.860. The highest BCUT2D eigenvalue weighted by Crippen LogP contribution is 2.21. The Bertz CT molecular complexity index is 392. The molecule has 0 aliphatic rings. The van der Waals surface area contributed by atoms with Crippen molar-refractivity contribution < 1.29 is 4.74 Å². The average Bonchev–Trinajstić information content (AvgIpc) is 2.61. The molecule has 0 N–H and O–H groups in total. The molecule has 1 heterocycles. The van der Waals surface area contributed by atoms with Crippen molar-refractivity contribution in [1.82, 2.24) is 0 Å². The van der Waals surface area contributed by atoms with E-state index >= 15 is 0 Å². The van der Waals surface area contributed by atoms with Gasteiger partial charge in [-0.05, 0) is 41.5 Å². The molecule has 0 saturated heterocycles. The van der Waals surface area contributed by atoms with Crippen LogP contribution in [-0.2, 0) is 11.3 Å². The van der Waals surface area contributed by atoms with Gasteiger partial charge >= 0.3 is 0 Å². The SMILES string of the molecule is CCOCc1ccc2sccc2c1. The van der Waals surface area contributed by atoms with E-state index in [9.17, 15) is 0 Å². The zero-order valence-electron chi connectivity index (χ0n) is 7.62. The van der Waals surface area contributed by atoms with E-state index in [4.69, 9.17) is 4.74 Å². The molecule has 0 radical (unpaired) electrons. The van der Waals surface area contributed by atoms with Gasteiger partial charge in [0, 0.05) is 11.3 Å². The predicted octanol–water partition coefficient (Wildman–Crippen LogP) is 3.44. The minimum atomic E-state index is 0.724. The number of fused-ring (bicyclic) bond motifs is 1. The van der Waals surface area contributed by atoms with Gasteiger partial charge in [-0.3, -0.25) is 0 Å². The molecule has 0 unspecified atom stereocenters. The molecule has 2 aromatic rings. The molecule has 2 heteroatoms. The highest BCUT2D eigenvalue weighted by Gasteiger charge is 1.96. The van der Waals surface area contributed by atoms with E-state index in [-0.39, 0.29) is 0 Å². The maximum absolute atomic E-state index is 5.35. The van der Waals surface area contributed by atoms with E-state index in [0.717, 1.165) is 13.2 Å². The van der Waals surface area contributed by atoms with Crippen LogP contribution in [0.2, 0.25) is 0 Å². The van der Waals surface area contributed by atoms with E-state index in [1.54, 1.807) is 11.3 Å². The van der Waals surface area contributed by atoms with Gasteiger partial charge in [-0.2, -0.15) is 0 Å². The van der Waals surface area contributed by atoms with Crippen molar-refractivity contribution in [3.63, 3.8) is 0 Å². The summed E-state index contributed by atoms with van der Waals surface area (Å²) in [5, 5.41) is 3.44. The predicted molar refractivity (Wildman–Crippen MR) is 57.2 cm³/mol. The lowest BCUT2D eigenvalue weighted by atomic mass is 10.2. The minimum absolute atomic E-state index is 0.724. The summed E-state index contributed by atoms with van der Waals surface area (Å²) in [7, 11) is 0. The van der Waals surface area contributed by atoms with Crippen molar-refractivity contribution in [3.8, 4) is 0 Å². The first kappa shape index (κ1) is 8.73. The lowest BCUT2D eigenvalue weighted by Crippen LogP contribution is -1.90. The smallest absolute Gasteiger partial charge is 0.0716 e. The van der Waals surface area contributed by atoms with Gasteiger partial charge in [0.2, 0.25) is 0 Å². The lowest BCUT2D eigenvalue weighted by molar-refractivity contribution is 0.134. The monoisotopic (exact) mass is 192 g/mol. The highest BCUT2D eigenvalue weighted by molar-refractivity contribution is 7.17. The maximum atomic E-state index is 5.35. The molecule has 2 rings (SSSR count). The largest absolute Gasteiger partial charge is 0.377 e. The van der Waals surface area contributed by atoms with Crippen LogP contribution in [0.5, 0.6) is 0 Å². The summed E-state index contributed by atoms with van der Waals surface area (Å²) >= 11 is 1.78. The van der Waals surface area contributed by atoms with Gasteiger partial charge in [0.25, 0.3) is 0 Å². The maximum Gasteiger partial charge on any atom is 0.0716 e. The van der Waals surface area contributed by atoms with Gasteiger partial charge in [0.15, 0.2) is 0 Å². The summed E-state index contributed by atoms with van der Waals surface area (Å²) in [5.41, 5.74) is 1.26. The Morgan fingerprint density at radius 2 is 2.23 bits per heavy atom. The topological polar surface area (TPSA) is 9.23 Å². The van der Waals surface area contributed by atoms with Gasteiger partial charge in [-0.25, -0.2) is 0 Å². The molecule has 13 heavy (non-hydrogen) atoms. The fourth-order valence-corrected chi connectivity index (χ4v) is 2.10. The molecule has 1 nitrogen and oxygen atoms in total. The zero-order chi connectivity index (χ0) is 9.10. The van der Waals surface area contributed by atoms with Crippen LogP contribution in [0.1, 0.15) is 12.5 Å². The third-order valence-corrected chi connectivity index (χ3v) is 2.89. The second kappa shape index (κ2) is 3.90. The minimum Gasteiger partial charge on any atom is -0.377 e. The molecule has 68 valence electrons. The first-order valence-corrected chi connectivity index (χ1v) is 5.32. The van der Waals surface area contributed by atoms with Gasteiger partial charge in [-0.15, -0.1) is 11.3 Å². The van der Waals surface area contributed by atoms with Crippen molar-refractivity contribution in [2.45, 2.75) is 13.5 Å². The van der Waals surface area contributed by atoms with E-state index in [0.29, 0.717) is 0 Å². The molecule has 0 fully saturated rings. The number of ether oxygens (including phenoxy) is 1. The third-order valence-electron chi connectivity index (χ3n) is 1.99. The zero-order valence-corrected chi connectivity index (χ0v) is 8.43. The lowest BCUT2D eigenvalue weighted by Gasteiger charge is -2.00. The molecular weight excluding hydrogens is 180 g/mol. The summed E-state index contributed by atoms with van der Waals surface area (Å²) in [5.74, 6) is 0. The summed E-state index contributed by atoms with van der Waals surface area (Å²) in [6.07, 6.45) is 0. The van der Waals surface area contributed by atoms with Gasteiger partial charge < -0.3 is 4.74 Å². The summed E-state index contributed by atoms with van der Waals surface area (Å²) in [4.78, 5) is 0. The second-order valence-electron chi connectivity index (χ2n) is 2.93. The molecule has 0 saturated carbocycles. The Kier molecular flexibility index (Phi) is 2.62. The quantitative estimate of drug-likeness (QED) is 0.724. The van der Waals surface area contributed by atoms with Crippen molar-refractivity contribution >= 4 is 21.4 Å². The fourth-order valence-electron chi connectivity index (χ4n) is 1.33. The standard InChI is InChI=1S/C11H12OS/c1-2-12-8-9-3-4-11-10(7-9)5-6-13-11/h3-7H,2,8H2,1H3. The molecule has 0 amide bonds. The van der Waals surface area contributed by atoms with E-state index in [2.05, 4.69) is 29.6 Å². The summed E-state index contributed by atoms with van der Waals surface area (Å²) < 4.78 is 6.70. The van der Waals surface area contributed by atoms with Crippen molar-refractivity contribution in [2.75, 3.05) is 6.61 Å². The normalized spacial score (nSPS) is 10.8. The Morgan fingerprint density at radius 1 is 1.31 bits per heavy atom. The molecule has 0 aliphatic heterocycles.